The molecule has 1 fully saturated rings. The molecule has 0 aromatic heterocycles. The third-order valence-electron chi connectivity index (χ3n) is 5.42. The van der Waals surface area contributed by atoms with E-state index >= 15 is 0 Å². The Labute approximate surface area is 180 Å². The molecule has 2 aliphatic rings. The average Bonchev–Trinajstić information content (AvgIpc) is 3.17. The lowest BCUT2D eigenvalue weighted by molar-refractivity contribution is -0.117. The van der Waals surface area contributed by atoms with E-state index in [0.717, 1.165) is 36.9 Å². The molecule has 2 aromatic rings. The number of carbonyl (C=O) groups is 2. The Hall–Kier alpha value is -2.77. The fraction of sp³-hybridized carbons (Fsp3) is 0.364. The van der Waals surface area contributed by atoms with Crippen molar-refractivity contribution in [2.24, 2.45) is 0 Å². The molecule has 0 atom stereocenters. The van der Waals surface area contributed by atoms with Crippen LogP contribution in [0.4, 0.5) is 11.4 Å². The van der Waals surface area contributed by atoms with E-state index in [0.29, 0.717) is 22.7 Å². The quantitative estimate of drug-likeness (QED) is 0.735. The van der Waals surface area contributed by atoms with Crippen LogP contribution in [-0.2, 0) is 4.79 Å². The molecule has 7 nitrogen and oxygen atoms in total. The van der Waals surface area contributed by atoms with Crippen molar-refractivity contribution in [1.29, 1.82) is 0 Å². The van der Waals surface area contributed by atoms with Gasteiger partial charge in [0, 0.05) is 48.5 Å². The maximum Gasteiger partial charge on any atom is 0.238 e. The number of nitrogens with one attached hydrogen (secondary N) is 1. The molecule has 1 N–H and O–H groups in total. The van der Waals surface area contributed by atoms with Crippen molar-refractivity contribution in [1.82, 2.24) is 4.90 Å². The number of rotatable bonds is 5. The van der Waals surface area contributed by atoms with E-state index in [4.69, 9.17) is 21.1 Å². The highest BCUT2D eigenvalue weighted by atomic mass is 35.5. The molecule has 2 aliphatic heterocycles. The standard InChI is InChI=1S/C22H24ClN3O4/c1-14-3-4-16(23)9-19(14)26-7-5-25(6-8-26)12-22(28)24-18-11-21-20(29-13-30-21)10-17(18)15(2)27/h3-4,9-11H,5-8,12-13H2,1-2H3,(H,24,28). The summed E-state index contributed by atoms with van der Waals surface area (Å²) >= 11 is 6.15. The molecular formula is C22H24ClN3O4. The fourth-order valence-corrected chi connectivity index (χ4v) is 3.97. The number of amides is 1. The zero-order valence-electron chi connectivity index (χ0n) is 17.0. The number of benzene rings is 2. The average molecular weight is 430 g/mol. The van der Waals surface area contributed by atoms with Crippen LogP contribution in [-0.4, -0.2) is 56.1 Å². The number of fused-ring (bicyclic) bond motifs is 1. The van der Waals surface area contributed by atoms with Crippen LogP contribution < -0.4 is 19.7 Å². The van der Waals surface area contributed by atoms with Crippen LogP contribution in [0.15, 0.2) is 30.3 Å². The van der Waals surface area contributed by atoms with Gasteiger partial charge in [-0.05, 0) is 37.6 Å². The summed E-state index contributed by atoms with van der Waals surface area (Å²) in [4.78, 5) is 29.0. The first-order chi connectivity index (χ1) is 14.4. The highest BCUT2D eigenvalue weighted by Crippen LogP contribution is 2.37. The third kappa shape index (κ3) is 4.37. The molecular weight excluding hydrogens is 406 g/mol. The lowest BCUT2D eigenvalue weighted by Gasteiger charge is -2.36. The van der Waals surface area contributed by atoms with E-state index < -0.39 is 0 Å². The number of Topliss-reactive ketones (excluding diaryl/α,β-unsaturated/α-hetero) is 1. The fourth-order valence-electron chi connectivity index (χ4n) is 3.80. The van der Waals surface area contributed by atoms with Gasteiger partial charge in [-0.2, -0.15) is 0 Å². The van der Waals surface area contributed by atoms with Crippen molar-refractivity contribution in [3.8, 4) is 11.5 Å². The van der Waals surface area contributed by atoms with Crippen molar-refractivity contribution in [2.45, 2.75) is 13.8 Å². The summed E-state index contributed by atoms with van der Waals surface area (Å²) in [5, 5.41) is 3.58. The summed E-state index contributed by atoms with van der Waals surface area (Å²) in [6, 6.07) is 9.17. The highest BCUT2D eigenvalue weighted by molar-refractivity contribution is 6.30. The molecule has 30 heavy (non-hydrogen) atoms. The van der Waals surface area contributed by atoms with Gasteiger partial charge in [0.1, 0.15) is 0 Å². The number of hydrogen-bond donors (Lipinski definition) is 1. The molecule has 0 saturated carbocycles. The van der Waals surface area contributed by atoms with Gasteiger partial charge in [0.05, 0.1) is 12.2 Å². The summed E-state index contributed by atoms with van der Waals surface area (Å²) in [5.41, 5.74) is 3.18. The lowest BCUT2D eigenvalue weighted by atomic mass is 10.1. The van der Waals surface area contributed by atoms with Crippen molar-refractivity contribution in [3.05, 3.63) is 46.5 Å². The van der Waals surface area contributed by atoms with Crippen molar-refractivity contribution >= 4 is 34.7 Å². The zero-order chi connectivity index (χ0) is 21.3. The molecule has 2 heterocycles. The van der Waals surface area contributed by atoms with Gasteiger partial charge in [0.15, 0.2) is 17.3 Å². The normalized spacial score (nSPS) is 15.9. The van der Waals surface area contributed by atoms with Gasteiger partial charge < -0.3 is 19.7 Å². The lowest BCUT2D eigenvalue weighted by Crippen LogP contribution is -2.48. The molecule has 0 bridgehead atoms. The van der Waals surface area contributed by atoms with Crippen molar-refractivity contribution in [3.63, 3.8) is 0 Å². The molecule has 0 radical (unpaired) electrons. The summed E-state index contributed by atoms with van der Waals surface area (Å²) in [7, 11) is 0. The van der Waals surface area contributed by atoms with E-state index in [1.54, 1.807) is 12.1 Å². The molecule has 8 heteroatoms. The van der Waals surface area contributed by atoms with Crippen LogP contribution in [0.25, 0.3) is 0 Å². The minimum Gasteiger partial charge on any atom is -0.454 e. The number of ketones is 1. The minimum absolute atomic E-state index is 0.112. The SMILES string of the molecule is CC(=O)c1cc2c(cc1NC(=O)CN1CCN(c3cc(Cl)ccc3C)CC1)OCO2. The minimum atomic E-state index is -0.163. The smallest absolute Gasteiger partial charge is 0.238 e. The molecule has 0 unspecified atom stereocenters. The molecule has 0 spiro atoms. The number of halogens is 1. The van der Waals surface area contributed by atoms with E-state index in [1.165, 1.54) is 12.5 Å². The summed E-state index contributed by atoms with van der Waals surface area (Å²) in [5.74, 6) is 0.740. The molecule has 0 aliphatic carbocycles. The molecule has 1 amide bonds. The number of ether oxygens (including phenoxy) is 2. The second kappa shape index (κ2) is 8.53. The van der Waals surface area contributed by atoms with E-state index in [9.17, 15) is 9.59 Å². The largest absolute Gasteiger partial charge is 0.454 e. The number of anilines is 2. The van der Waals surface area contributed by atoms with Gasteiger partial charge in [0.2, 0.25) is 12.7 Å². The van der Waals surface area contributed by atoms with Gasteiger partial charge in [-0.15, -0.1) is 0 Å². The number of carbonyl (C=O) groups excluding carboxylic acids is 2. The first kappa shape index (κ1) is 20.5. The van der Waals surface area contributed by atoms with E-state index in [-0.39, 0.29) is 25.0 Å². The van der Waals surface area contributed by atoms with Crippen LogP contribution in [0.3, 0.4) is 0 Å². The maximum absolute atomic E-state index is 12.6. The molecule has 4 rings (SSSR count). The van der Waals surface area contributed by atoms with Crippen LogP contribution >= 0.6 is 11.6 Å². The Balaban J connectivity index is 1.37. The van der Waals surface area contributed by atoms with Gasteiger partial charge in [-0.1, -0.05) is 17.7 Å². The van der Waals surface area contributed by atoms with Crippen molar-refractivity contribution < 1.29 is 19.1 Å². The number of nitrogens with zero attached hydrogens (tertiary/aromatic N) is 2. The number of hydrogen-bond acceptors (Lipinski definition) is 6. The van der Waals surface area contributed by atoms with Crippen LogP contribution in [0.1, 0.15) is 22.8 Å². The van der Waals surface area contributed by atoms with E-state index in [1.807, 2.05) is 18.2 Å². The van der Waals surface area contributed by atoms with Gasteiger partial charge in [-0.25, -0.2) is 0 Å². The zero-order valence-corrected chi connectivity index (χ0v) is 17.8. The Morgan fingerprint density at radius 3 is 2.47 bits per heavy atom. The third-order valence-corrected chi connectivity index (χ3v) is 5.65. The first-order valence-corrected chi connectivity index (χ1v) is 10.3. The second-order valence-electron chi connectivity index (χ2n) is 7.55. The summed E-state index contributed by atoms with van der Waals surface area (Å²) in [6.07, 6.45) is 0. The first-order valence-electron chi connectivity index (χ1n) is 9.88. The van der Waals surface area contributed by atoms with Gasteiger partial charge in [0.25, 0.3) is 0 Å². The molecule has 2 aromatic carbocycles. The van der Waals surface area contributed by atoms with Crippen LogP contribution in [0.2, 0.25) is 5.02 Å². The van der Waals surface area contributed by atoms with Crippen LogP contribution in [0, 0.1) is 6.92 Å². The second-order valence-corrected chi connectivity index (χ2v) is 7.99. The van der Waals surface area contributed by atoms with Gasteiger partial charge in [-0.3, -0.25) is 14.5 Å². The Morgan fingerprint density at radius 2 is 1.77 bits per heavy atom. The summed E-state index contributed by atoms with van der Waals surface area (Å²) < 4.78 is 10.7. The topological polar surface area (TPSA) is 71.1 Å². The monoisotopic (exact) mass is 429 g/mol. The highest BCUT2D eigenvalue weighted by Gasteiger charge is 2.23. The van der Waals surface area contributed by atoms with Crippen LogP contribution in [0.5, 0.6) is 11.5 Å². The number of aryl methyl sites for hydroxylation is 1. The molecule has 1 saturated heterocycles. The predicted octanol–water partition coefficient (Wildman–Crippen LogP) is 3.34. The number of piperazine rings is 1. The Morgan fingerprint density at radius 1 is 1.07 bits per heavy atom. The predicted molar refractivity (Wildman–Crippen MR) is 116 cm³/mol. The maximum atomic E-state index is 12.6. The van der Waals surface area contributed by atoms with Crippen molar-refractivity contribution in [2.75, 3.05) is 49.7 Å². The molecule has 158 valence electrons. The summed E-state index contributed by atoms with van der Waals surface area (Å²) in [6.45, 7) is 7.07. The van der Waals surface area contributed by atoms with E-state index in [2.05, 4.69) is 22.0 Å². The Kier molecular flexibility index (Phi) is 5.83. The van der Waals surface area contributed by atoms with Gasteiger partial charge >= 0.3 is 0 Å². The Bertz CT molecular complexity index is 987.